The van der Waals surface area contributed by atoms with E-state index in [4.69, 9.17) is 0 Å². The number of anilines is 1. The van der Waals surface area contributed by atoms with Crippen LogP contribution in [-0.2, 0) is 14.8 Å². The molecule has 1 atom stereocenters. The molecule has 26 heavy (non-hydrogen) atoms. The van der Waals surface area contributed by atoms with Crippen LogP contribution in [0.2, 0.25) is 0 Å². The Hall–Kier alpha value is -1.93. The fourth-order valence-electron chi connectivity index (χ4n) is 2.74. The third-order valence-electron chi connectivity index (χ3n) is 4.76. The lowest BCUT2D eigenvalue weighted by molar-refractivity contribution is -0.119. The van der Waals surface area contributed by atoms with Crippen molar-refractivity contribution in [3.8, 4) is 0 Å². The van der Waals surface area contributed by atoms with Crippen molar-refractivity contribution in [2.45, 2.75) is 27.2 Å². The van der Waals surface area contributed by atoms with Crippen molar-refractivity contribution >= 4 is 27.5 Å². The summed E-state index contributed by atoms with van der Waals surface area (Å²) in [6.45, 7) is 6.66. The van der Waals surface area contributed by atoms with Crippen molar-refractivity contribution in [3.63, 3.8) is 0 Å². The van der Waals surface area contributed by atoms with Crippen LogP contribution >= 0.6 is 0 Å². The minimum Gasteiger partial charge on any atom is -0.336 e. The predicted molar refractivity (Wildman–Crippen MR) is 101 cm³/mol. The molecule has 8 heteroatoms. The summed E-state index contributed by atoms with van der Waals surface area (Å²) in [6, 6.07) is 6.92. The molecule has 1 aromatic rings. The summed E-state index contributed by atoms with van der Waals surface area (Å²) in [4.78, 5) is 26.7. The molecule has 7 nitrogen and oxygen atoms in total. The van der Waals surface area contributed by atoms with Crippen LogP contribution in [-0.4, -0.2) is 61.4 Å². The van der Waals surface area contributed by atoms with E-state index >= 15 is 0 Å². The summed E-state index contributed by atoms with van der Waals surface area (Å²) >= 11 is 0. The Kier molecular flexibility index (Phi) is 6.77. The zero-order valence-electron chi connectivity index (χ0n) is 15.6. The number of benzene rings is 1. The van der Waals surface area contributed by atoms with Crippen molar-refractivity contribution in [2.75, 3.05) is 37.2 Å². The molecule has 0 saturated carbocycles. The Balaban J connectivity index is 2.10. The molecule has 0 bridgehead atoms. The molecular formula is C18H27N3O4S. The third kappa shape index (κ3) is 4.62. The van der Waals surface area contributed by atoms with Gasteiger partial charge in [0.05, 0.1) is 17.0 Å². The lowest BCUT2D eigenvalue weighted by Crippen LogP contribution is -2.51. The number of sulfonamides is 1. The molecule has 2 amide bonds. The second-order valence-electron chi connectivity index (χ2n) is 6.44. The molecule has 0 aromatic heterocycles. The molecule has 2 rings (SSSR count). The van der Waals surface area contributed by atoms with Gasteiger partial charge in [0.15, 0.2) is 0 Å². The summed E-state index contributed by atoms with van der Waals surface area (Å²) in [5.41, 5.74) is 0.919. The quantitative estimate of drug-likeness (QED) is 0.814. The van der Waals surface area contributed by atoms with Gasteiger partial charge in [-0.15, -0.1) is 0 Å². The molecule has 1 aliphatic rings. The van der Waals surface area contributed by atoms with Gasteiger partial charge < -0.3 is 10.2 Å². The fourth-order valence-corrected chi connectivity index (χ4v) is 3.83. The molecule has 1 saturated heterocycles. The number of rotatable bonds is 6. The van der Waals surface area contributed by atoms with E-state index < -0.39 is 10.0 Å². The molecule has 1 N–H and O–H groups in total. The Morgan fingerprint density at radius 3 is 2.31 bits per heavy atom. The Morgan fingerprint density at radius 1 is 1.12 bits per heavy atom. The normalized spacial score (nSPS) is 17.0. The number of nitrogens with zero attached hydrogens (tertiary/aromatic N) is 2. The SMILES string of the molecule is CCC(C)C(=O)Nc1ccccc1C(=O)N1CCN(S(=O)(=O)CC)CC1. The van der Waals surface area contributed by atoms with E-state index in [1.54, 1.807) is 36.1 Å². The number of carbonyl (C=O) groups excluding carboxylic acids is 2. The summed E-state index contributed by atoms with van der Waals surface area (Å²) in [7, 11) is -3.23. The summed E-state index contributed by atoms with van der Waals surface area (Å²) in [5.74, 6) is -0.392. The summed E-state index contributed by atoms with van der Waals surface area (Å²) in [5, 5.41) is 2.83. The molecule has 0 aliphatic carbocycles. The van der Waals surface area contributed by atoms with Crippen LogP contribution < -0.4 is 5.32 Å². The van der Waals surface area contributed by atoms with Gasteiger partial charge in [0, 0.05) is 32.1 Å². The molecule has 1 fully saturated rings. The van der Waals surface area contributed by atoms with Crippen LogP contribution in [0, 0.1) is 5.92 Å². The highest BCUT2D eigenvalue weighted by molar-refractivity contribution is 7.89. The van der Waals surface area contributed by atoms with Gasteiger partial charge in [-0.25, -0.2) is 8.42 Å². The zero-order valence-corrected chi connectivity index (χ0v) is 16.4. The average molecular weight is 381 g/mol. The first-order valence-electron chi connectivity index (χ1n) is 8.97. The van der Waals surface area contributed by atoms with Crippen LogP contribution in [0.4, 0.5) is 5.69 Å². The highest BCUT2D eigenvalue weighted by Crippen LogP contribution is 2.20. The van der Waals surface area contributed by atoms with E-state index in [-0.39, 0.29) is 23.5 Å². The number of nitrogens with one attached hydrogen (secondary N) is 1. The van der Waals surface area contributed by atoms with Crippen LogP contribution in [0.5, 0.6) is 0 Å². The monoisotopic (exact) mass is 381 g/mol. The number of carbonyl (C=O) groups is 2. The lowest BCUT2D eigenvalue weighted by atomic mass is 10.1. The Labute approximate surface area is 155 Å². The van der Waals surface area contributed by atoms with Gasteiger partial charge in [0.25, 0.3) is 5.91 Å². The van der Waals surface area contributed by atoms with Gasteiger partial charge in [-0.2, -0.15) is 4.31 Å². The first-order chi connectivity index (χ1) is 12.3. The van der Waals surface area contributed by atoms with Crippen molar-refractivity contribution in [3.05, 3.63) is 29.8 Å². The maximum Gasteiger partial charge on any atom is 0.256 e. The number of hydrogen-bond donors (Lipinski definition) is 1. The highest BCUT2D eigenvalue weighted by Gasteiger charge is 2.29. The maximum atomic E-state index is 12.9. The van der Waals surface area contributed by atoms with Crippen LogP contribution in [0.25, 0.3) is 0 Å². The standard InChI is InChI=1S/C18H27N3O4S/c1-4-14(3)17(22)19-16-9-7-6-8-15(16)18(23)20-10-12-21(13-11-20)26(24,25)5-2/h6-9,14H,4-5,10-13H2,1-3H3,(H,19,22). The van der Waals surface area contributed by atoms with E-state index in [1.165, 1.54) is 4.31 Å². The first-order valence-corrected chi connectivity index (χ1v) is 10.6. The number of para-hydroxylation sites is 1. The Morgan fingerprint density at radius 2 is 1.73 bits per heavy atom. The van der Waals surface area contributed by atoms with Gasteiger partial charge in [-0.05, 0) is 25.5 Å². The third-order valence-corrected chi connectivity index (χ3v) is 6.64. The van der Waals surface area contributed by atoms with Gasteiger partial charge in [-0.1, -0.05) is 26.0 Å². The Bertz CT molecular complexity index is 755. The summed E-state index contributed by atoms with van der Waals surface area (Å²) in [6.07, 6.45) is 0.718. The van der Waals surface area contributed by atoms with Crippen molar-refractivity contribution < 1.29 is 18.0 Å². The summed E-state index contributed by atoms with van der Waals surface area (Å²) < 4.78 is 25.3. The van der Waals surface area contributed by atoms with Crippen LogP contribution in [0.15, 0.2) is 24.3 Å². The van der Waals surface area contributed by atoms with Gasteiger partial charge in [0.1, 0.15) is 0 Å². The lowest BCUT2D eigenvalue weighted by Gasteiger charge is -2.34. The van der Waals surface area contributed by atoms with E-state index in [1.807, 2.05) is 13.8 Å². The van der Waals surface area contributed by atoms with Gasteiger partial charge >= 0.3 is 0 Å². The largest absolute Gasteiger partial charge is 0.336 e. The average Bonchev–Trinajstić information content (AvgIpc) is 2.67. The van der Waals surface area contributed by atoms with Crippen molar-refractivity contribution in [1.29, 1.82) is 0 Å². The number of amides is 2. The van der Waals surface area contributed by atoms with E-state index in [2.05, 4.69) is 5.32 Å². The smallest absolute Gasteiger partial charge is 0.256 e. The zero-order chi connectivity index (χ0) is 19.3. The van der Waals surface area contributed by atoms with E-state index in [9.17, 15) is 18.0 Å². The second kappa shape index (κ2) is 8.64. The topological polar surface area (TPSA) is 86.8 Å². The minimum absolute atomic E-state index is 0.0609. The van der Waals surface area contributed by atoms with Crippen LogP contribution in [0.1, 0.15) is 37.6 Å². The van der Waals surface area contributed by atoms with E-state index in [0.29, 0.717) is 37.4 Å². The minimum atomic E-state index is -3.23. The van der Waals surface area contributed by atoms with E-state index in [0.717, 1.165) is 6.42 Å². The van der Waals surface area contributed by atoms with Crippen molar-refractivity contribution in [2.24, 2.45) is 5.92 Å². The predicted octanol–water partition coefficient (Wildman–Crippen LogP) is 1.78. The molecule has 1 aliphatic heterocycles. The van der Waals surface area contributed by atoms with Gasteiger partial charge in [-0.3, -0.25) is 9.59 Å². The second-order valence-corrected chi connectivity index (χ2v) is 8.69. The molecule has 1 heterocycles. The van der Waals surface area contributed by atoms with Crippen LogP contribution in [0.3, 0.4) is 0 Å². The number of hydrogen-bond acceptors (Lipinski definition) is 4. The molecule has 1 aromatic carbocycles. The fraction of sp³-hybridized carbons (Fsp3) is 0.556. The molecule has 0 spiro atoms. The molecule has 1 unspecified atom stereocenters. The highest BCUT2D eigenvalue weighted by atomic mass is 32.2. The first kappa shape index (κ1) is 20.4. The van der Waals surface area contributed by atoms with Crippen molar-refractivity contribution in [1.82, 2.24) is 9.21 Å². The molecule has 0 radical (unpaired) electrons. The molecule has 144 valence electrons. The number of piperazine rings is 1. The maximum absolute atomic E-state index is 12.9. The molecular weight excluding hydrogens is 354 g/mol. The van der Waals surface area contributed by atoms with Gasteiger partial charge in [0.2, 0.25) is 15.9 Å².